The van der Waals surface area contributed by atoms with Gasteiger partial charge in [-0.05, 0) is 31.6 Å². The molecule has 1 unspecified atom stereocenters. The molecule has 2 aliphatic rings. The molecule has 0 N–H and O–H groups in total. The van der Waals surface area contributed by atoms with E-state index >= 15 is 0 Å². The summed E-state index contributed by atoms with van der Waals surface area (Å²) >= 11 is 0. The van der Waals surface area contributed by atoms with E-state index in [4.69, 9.17) is 0 Å². The molecule has 2 saturated carbocycles. The van der Waals surface area contributed by atoms with E-state index in [1.54, 1.807) is 0 Å². The van der Waals surface area contributed by atoms with Crippen LogP contribution in [0.25, 0.3) is 0 Å². The summed E-state index contributed by atoms with van der Waals surface area (Å²) < 4.78 is 0. The Labute approximate surface area is 67.5 Å². The Bertz CT molecular complexity index is 205. The van der Waals surface area contributed by atoms with Crippen LogP contribution in [-0.4, -0.2) is 5.78 Å². The SMILES string of the molecule is C=C1CC2C(=O)CCC[C@@H]2C1. The molecule has 2 atom stereocenters. The van der Waals surface area contributed by atoms with Crippen LogP contribution in [0, 0.1) is 11.8 Å². The molecule has 0 saturated heterocycles. The summed E-state index contributed by atoms with van der Waals surface area (Å²) in [7, 11) is 0. The Kier molecular flexibility index (Phi) is 1.59. The van der Waals surface area contributed by atoms with Gasteiger partial charge in [-0.25, -0.2) is 0 Å². The molecule has 60 valence electrons. The monoisotopic (exact) mass is 150 g/mol. The minimum atomic E-state index is 0.372. The van der Waals surface area contributed by atoms with Crippen molar-refractivity contribution in [3.05, 3.63) is 12.2 Å². The predicted octanol–water partition coefficient (Wildman–Crippen LogP) is 2.32. The van der Waals surface area contributed by atoms with Crippen LogP contribution in [0.3, 0.4) is 0 Å². The van der Waals surface area contributed by atoms with Crippen molar-refractivity contribution in [2.75, 3.05) is 0 Å². The number of fused-ring (bicyclic) bond motifs is 1. The van der Waals surface area contributed by atoms with Gasteiger partial charge >= 0.3 is 0 Å². The van der Waals surface area contributed by atoms with Gasteiger partial charge in [0.1, 0.15) is 5.78 Å². The average Bonchev–Trinajstić information content (AvgIpc) is 2.31. The van der Waals surface area contributed by atoms with Gasteiger partial charge in [-0.2, -0.15) is 0 Å². The summed E-state index contributed by atoms with van der Waals surface area (Å²) in [6, 6.07) is 0. The van der Waals surface area contributed by atoms with E-state index in [2.05, 4.69) is 6.58 Å². The fourth-order valence-corrected chi connectivity index (χ4v) is 2.48. The van der Waals surface area contributed by atoms with E-state index in [-0.39, 0.29) is 0 Å². The zero-order valence-corrected chi connectivity index (χ0v) is 6.81. The predicted molar refractivity (Wildman–Crippen MR) is 44.2 cm³/mol. The van der Waals surface area contributed by atoms with Gasteiger partial charge in [0.2, 0.25) is 0 Å². The third kappa shape index (κ3) is 1.13. The number of Topliss-reactive ketones (excluding diaryl/α,β-unsaturated/α-hetero) is 1. The quantitative estimate of drug-likeness (QED) is 0.484. The van der Waals surface area contributed by atoms with E-state index in [0.717, 1.165) is 25.7 Å². The molecule has 1 heteroatoms. The maximum atomic E-state index is 11.4. The molecule has 0 aliphatic heterocycles. The van der Waals surface area contributed by atoms with Crippen molar-refractivity contribution in [1.29, 1.82) is 0 Å². The van der Waals surface area contributed by atoms with Gasteiger partial charge in [0, 0.05) is 12.3 Å². The van der Waals surface area contributed by atoms with Crippen molar-refractivity contribution in [2.24, 2.45) is 11.8 Å². The largest absolute Gasteiger partial charge is 0.299 e. The fourth-order valence-electron chi connectivity index (χ4n) is 2.48. The molecule has 1 nitrogen and oxygen atoms in total. The van der Waals surface area contributed by atoms with E-state index in [0.29, 0.717) is 17.6 Å². The molecule has 11 heavy (non-hydrogen) atoms. The Morgan fingerprint density at radius 1 is 1.36 bits per heavy atom. The van der Waals surface area contributed by atoms with Crippen LogP contribution >= 0.6 is 0 Å². The second-order valence-electron chi connectivity index (χ2n) is 3.88. The molecule has 0 spiro atoms. The number of allylic oxidation sites excluding steroid dienone is 1. The lowest BCUT2D eigenvalue weighted by molar-refractivity contribution is -0.125. The van der Waals surface area contributed by atoms with E-state index < -0.39 is 0 Å². The Morgan fingerprint density at radius 3 is 2.91 bits per heavy atom. The highest BCUT2D eigenvalue weighted by Gasteiger charge is 2.36. The van der Waals surface area contributed by atoms with Crippen LogP contribution in [-0.2, 0) is 4.79 Å². The molecule has 2 rings (SSSR count). The third-order valence-electron chi connectivity index (χ3n) is 3.04. The summed E-state index contributed by atoms with van der Waals surface area (Å²) in [6.07, 6.45) is 5.32. The summed E-state index contributed by atoms with van der Waals surface area (Å²) in [6.45, 7) is 3.96. The lowest BCUT2D eigenvalue weighted by atomic mass is 9.81. The van der Waals surface area contributed by atoms with Gasteiger partial charge in [0.15, 0.2) is 0 Å². The van der Waals surface area contributed by atoms with Gasteiger partial charge in [-0.1, -0.05) is 12.2 Å². The normalized spacial score (nSPS) is 37.5. The van der Waals surface area contributed by atoms with Gasteiger partial charge < -0.3 is 0 Å². The van der Waals surface area contributed by atoms with Crippen molar-refractivity contribution in [3.63, 3.8) is 0 Å². The van der Waals surface area contributed by atoms with E-state index in [9.17, 15) is 4.79 Å². The van der Waals surface area contributed by atoms with Gasteiger partial charge in [0.05, 0.1) is 0 Å². The molecule has 0 aromatic heterocycles. The summed E-state index contributed by atoms with van der Waals surface area (Å²) in [5.74, 6) is 1.54. The topological polar surface area (TPSA) is 17.1 Å². The number of rotatable bonds is 0. The van der Waals surface area contributed by atoms with Crippen LogP contribution in [0.4, 0.5) is 0 Å². The molecular weight excluding hydrogens is 136 g/mol. The summed E-state index contributed by atoms with van der Waals surface area (Å²) in [5, 5.41) is 0. The van der Waals surface area contributed by atoms with Crippen molar-refractivity contribution < 1.29 is 4.79 Å². The van der Waals surface area contributed by atoms with Crippen molar-refractivity contribution in [3.8, 4) is 0 Å². The first-order chi connectivity index (χ1) is 5.27. The molecule has 0 heterocycles. The van der Waals surface area contributed by atoms with Gasteiger partial charge in [0.25, 0.3) is 0 Å². The summed E-state index contributed by atoms with van der Waals surface area (Å²) in [4.78, 5) is 11.4. The maximum absolute atomic E-state index is 11.4. The standard InChI is InChI=1S/C10H14O/c1-7-5-8-3-2-4-10(11)9(8)6-7/h8-9H,1-6H2/t8-,9?/m1/s1. The number of carbonyl (C=O) groups is 1. The second-order valence-corrected chi connectivity index (χ2v) is 3.88. The van der Waals surface area contributed by atoms with Crippen molar-refractivity contribution in [2.45, 2.75) is 32.1 Å². The van der Waals surface area contributed by atoms with Crippen LogP contribution < -0.4 is 0 Å². The van der Waals surface area contributed by atoms with Crippen LogP contribution in [0.15, 0.2) is 12.2 Å². The third-order valence-corrected chi connectivity index (χ3v) is 3.04. The number of hydrogen-bond acceptors (Lipinski definition) is 1. The van der Waals surface area contributed by atoms with Crippen LogP contribution in [0.5, 0.6) is 0 Å². The number of carbonyl (C=O) groups excluding carboxylic acids is 1. The first-order valence-corrected chi connectivity index (χ1v) is 4.47. The zero-order valence-electron chi connectivity index (χ0n) is 6.81. The summed E-state index contributed by atoms with van der Waals surface area (Å²) in [5.41, 5.74) is 1.30. The second kappa shape index (κ2) is 2.47. The molecule has 2 aliphatic carbocycles. The number of hydrogen-bond donors (Lipinski definition) is 0. The zero-order chi connectivity index (χ0) is 7.84. The van der Waals surface area contributed by atoms with Crippen LogP contribution in [0.1, 0.15) is 32.1 Å². The molecule has 0 aromatic carbocycles. The van der Waals surface area contributed by atoms with Crippen molar-refractivity contribution in [1.82, 2.24) is 0 Å². The Morgan fingerprint density at radius 2 is 2.18 bits per heavy atom. The lowest BCUT2D eigenvalue weighted by Crippen LogP contribution is -2.23. The average molecular weight is 150 g/mol. The molecule has 0 bridgehead atoms. The Balaban J connectivity index is 2.15. The highest BCUT2D eigenvalue weighted by atomic mass is 16.1. The fraction of sp³-hybridized carbons (Fsp3) is 0.700. The van der Waals surface area contributed by atoms with Crippen LogP contribution in [0.2, 0.25) is 0 Å². The number of ketones is 1. The van der Waals surface area contributed by atoms with Crippen molar-refractivity contribution >= 4 is 5.78 Å². The first kappa shape index (κ1) is 7.08. The molecular formula is C10H14O. The minimum absolute atomic E-state index is 0.372. The molecule has 0 amide bonds. The Hall–Kier alpha value is -0.590. The highest BCUT2D eigenvalue weighted by molar-refractivity contribution is 5.82. The molecule has 2 fully saturated rings. The lowest BCUT2D eigenvalue weighted by Gasteiger charge is -2.22. The molecule has 0 radical (unpaired) electrons. The van der Waals surface area contributed by atoms with E-state index in [1.165, 1.54) is 12.0 Å². The molecule has 0 aromatic rings. The van der Waals surface area contributed by atoms with Gasteiger partial charge in [-0.15, -0.1) is 0 Å². The first-order valence-electron chi connectivity index (χ1n) is 4.47. The van der Waals surface area contributed by atoms with E-state index in [1.807, 2.05) is 0 Å². The maximum Gasteiger partial charge on any atom is 0.136 e. The highest BCUT2D eigenvalue weighted by Crippen LogP contribution is 2.42. The minimum Gasteiger partial charge on any atom is -0.299 e. The van der Waals surface area contributed by atoms with Gasteiger partial charge in [-0.3, -0.25) is 4.79 Å². The smallest absolute Gasteiger partial charge is 0.136 e.